The number of ether oxygens (including phenoxy) is 1. The van der Waals surface area contributed by atoms with Gasteiger partial charge in [0.05, 0.1) is 11.6 Å². The van der Waals surface area contributed by atoms with Crippen molar-refractivity contribution < 1.29 is 14.9 Å². The molecule has 0 spiro atoms. The maximum atomic E-state index is 10.4. The van der Waals surface area contributed by atoms with E-state index in [4.69, 9.17) is 21.4 Å². The summed E-state index contributed by atoms with van der Waals surface area (Å²) in [6.45, 7) is 1.72. The van der Waals surface area contributed by atoms with Crippen LogP contribution in [0.1, 0.15) is 18.1 Å². The third kappa shape index (κ3) is 3.51. The van der Waals surface area contributed by atoms with Gasteiger partial charge in [-0.25, -0.2) is 0 Å². The first-order valence-corrected chi connectivity index (χ1v) is 6.71. The standard InChI is InChI=1S/C16H17ClO3/c1-16(19,13-5-3-2-4-6-13)11-20-15-8-7-12(10-18)9-14(15)17/h2-9,18-19H,10-11H2,1H3. The van der Waals surface area contributed by atoms with E-state index in [-0.39, 0.29) is 13.2 Å². The Morgan fingerprint density at radius 3 is 2.45 bits per heavy atom. The van der Waals surface area contributed by atoms with Gasteiger partial charge in [-0.2, -0.15) is 0 Å². The van der Waals surface area contributed by atoms with E-state index in [9.17, 15) is 5.11 Å². The highest BCUT2D eigenvalue weighted by atomic mass is 35.5. The van der Waals surface area contributed by atoms with Gasteiger partial charge in [-0.05, 0) is 30.2 Å². The van der Waals surface area contributed by atoms with Gasteiger partial charge in [0.15, 0.2) is 0 Å². The average molecular weight is 293 g/mol. The van der Waals surface area contributed by atoms with Crippen LogP contribution in [0.3, 0.4) is 0 Å². The van der Waals surface area contributed by atoms with E-state index >= 15 is 0 Å². The van der Waals surface area contributed by atoms with Crippen molar-refractivity contribution in [3.63, 3.8) is 0 Å². The topological polar surface area (TPSA) is 49.7 Å². The second-order valence-electron chi connectivity index (χ2n) is 4.85. The molecule has 2 rings (SSSR count). The summed E-state index contributed by atoms with van der Waals surface area (Å²) in [5.74, 6) is 0.486. The van der Waals surface area contributed by atoms with Crippen LogP contribution in [0, 0.1) is 0 Å². The summed E-state index contributed by atoms with van der Waals surface area (Å²) in [5, 5.41) is 19.9. The Labute approximate surface area is 123 Å². The third-order valence-corrected chi connectivity index (χ3v) is 3.38. The van der Waals surface area contributed by atoms with Crippen molar-refractivity contribution in [3.05, 3.63) is 64.7 Å². The Morgan fingerprint density at radius 1 is 1.15 bits per heavy atom. The molecule has 0 amide bonds. The smallest absolute Gasteiger partial charge is 0.138 e. The fourth-order valence-electron chi connectivity index (χ4n) is 1.86. The minimum atomic E-state index is -1.10. The molecule has 0 fully saturated rings. The Hall–Kier alpha value is -1.55. The molecule has 2 aromatic carbocycles. The zero-order valence-corrected chi connectivity index (χ0v) is 12.0. The van der Waals surface area contributed by atoms with Gasteiger partial charge in [0.2, 0.25) is 0 Å². The molecule has 0 saturated heterocycles. The van der Waals surface area contributed by atoms with E-state index < -0.39 is 5.60 Å². The fraction of sp³-hybridized carbons (Fsp3) is 0.250. The van der Waals surface area contributed by atoms with Crippen LogP contribution >= 0.6 is 11.6 Å². The number of hydrogen-bond acceptors (Lipinski definition) is 3. The van der Waals surface area contributed by atoms with Gasteiger partial charge >= 0.3 is 0 Å². The van der Waals surface area contributed by atoms with Crippen LogP contribution in [-0.4, -0.2) is 16.8 Å². The second-order valence-corrected chi connectivity index (χ2v) is 5.26. The van der Waals surface area contributed by atoms with Gasteiger partial charge in [0.25, 0.3) is 0 Å². The van der Waals surface area contributed by atoms with Gasteiger partial charge in [-0.15, -0.1) is 0 Å². The molecule has 2 aromatic rings. The molecule has 1 atom stereocenters. The zero-order valence-electron chi connectivity index (χ0n) is 11.2. The summed E-state index contributed by atoms with van der Waals surface area (Å²) >= 11 is 6.07. The van der Waals surface area contributed by atoms with Gasteiger partial charge in [-0.3, -0.25) is 0 Å². The summed E-state index contributed by atoms with van der Waals surface area (Å²) in [5.41, 5.74) is 0.403. The molecule has 0 aliphatic rings. The van der Waals surface area contributed by atoms with Crippen molar-refractivity contribution >= 4 is 11.6 Å². The molecule has 0 saturated carbocycles. The Kier molecular flexibility index (Phi) is 4.65. The lowest BCUT2D eigenvalue weighted by Crippen LogP contribution is -2.29. The van der Waals surface area contributed by atoms with E-state index in [2.05, 4.69) is 0 Å². The summed E-state index contributed by atoms with van der Waals surface area (Å²) in [7, 11) is 0. The molecule has 0 radical (unpaired) electrons. The molecule has 4 heteroatoms. The van der Waals surface area contributed by atoms with Crippen LogP contribution < -0.4 is 4.74 Å². The minimum absolute atomic E-state index is 0.0677. The van der Waals surface area contributed by atoms with Crippen molar-refractivity contribution in [2.24, 2.45) is 0 Å². The lowest BCUT2D eigenvalue weighted by molar-refractivity contribution is 0.00762. The van der Waals surface area contributed by atoms with Crippen LogP contribution in [0.2, 0.25) is 5.02 Å². The minimum Gasteiger partial charge on any atom is -0.489 e. The monoisotopic (exact) mass is 292 g/mol. The van der Waals surface area contributed by atoms with Crippen molar-refractivity contribution in [2.45, 2.75) is 19.1 Å². The summed E-state index contributed by atoms with van der Waals surface area (Å²) in [6, 6.07) is 14.4. The molecule has 0 aliphatic carbocycles. The van der Waals surface area contributed by atoms with Crippen LogP contribution in [0.5, 0.6) is 5.75 Å². The number of benzene rings is 2. The van der Waals surface area contributed by atoms with Gasteiger partial charge in [-0.1, -0.05) is 48.0 Å². The van der Waals surface area contributed by atoms with Crippen molar-refractivity contribution in [3.8, 4) is 5.75 Å². The number of hydrogen-bond donors (Lipinski definition) is 2. The van der Waals surface area contributed by atoms with E-state index in [1.807, 2.05) is 30.3 Å². The fourth-order valence-corrected chi connectivity index (χ4v) is 2.12. The highest BCUT2D eigenvalue weighted by Gasteiger charge is 2.24. The Balaban J connectivity index is 2.08. The Morgan fingerprint density at radius 2 is 1.85 bits per heavy atom. The van der Waals surface area contributed by atoms with Crippen LogP contribution in [0.25, 0.3) is 0 Å². The van der Waals surface area contributed by atoms with Crippen LogP contribution in [-0.2, 0) is 12.2 Å². The normalized spacial score (nSPS) is 13.8. The van der Waals surface area contributed by atoms with Crippen LogP contribution in [0.15, 0.2) is 48.5 Å². The van der Waals surface area contributed by atoms with Gasteiger partial charge in [0, 0.05) is 0 Å². The number of rotatable bonds is 5. The molecule has 106 valence electrons. The molecular weight excluding hydrogens is 276 g/mol. The highest BCUT2D eigenvalue weighted by Crippen LogP contribution is 2.28. The first kappa shape index (κ1) is 14.9. The summed E-state index contributed by atoms with van der Waals surface area (Å²) < 4.78 is 5.59. The lowest BCUT2D eigenvalue weighted by Gasteiger charge is -2.24. The number of halogens is 1. The maximum absolute atomic E-state index is 10.4. The SMILES string of the molecule is CC(O)(COc1ccc(CO)cc1Cl)c1ccccc1. The summed E-state index contributed by atoms with van der Waals surface area (Å²) in [6.07, 6.45) is 0. The molecule has 0 heterocycles. The van der Waals surface area contributed by atoms with Crippen molar-refractivity contribution in [1.82, 2.24) is 0 Å². The zero-order chi connectivity index (χ0) is 14.6. The molecule has 2 N–H and O–H groups in total. The van der Waals surface area contributed by atoms with Gasteiger partial charge < -0.3 is 14.9 Å². The Bertz CT molecular complexity index is 567. The lowest BCUT2D eigenvalue weighted by atomic mass is 9.97. The highest BCUT2D eigenvalue weighted by molar-refractivity contribution is 6.32. The molecule has 0 bridgehead atoms. The maximum Gasteiger partial charge on any atom is 0.138 e. The van der Waals surface area contributed by atoms with Crippen LogP contribution in [0.4, 0.5) is 0 Å². The molecule has 3 nitrogen and oxygen atoms in total. The predicted octanol–water partition coefficient (Wildman–Crippen LogP) is 3.12. The average Bonchev–Trinajstić information content (AvgIpc) is 2.47. The molecule has 1 unspecified atom stereocenters. The number of aliphatic hydroxyl groups excluding tert-OH is 1. The first-order chi connectivity index (χ1) is 9.53. The second kappa shape index (κ2) is 6.27. The quantitative estimate of drug-likeness (QED) is 0.890. The van der Waals surface area contributed by atoms with E-state index in [0.29, 0.717) is 10.8 Å². The first-order valence-electron chi connectivity index (χ1n) is 6.33. The van der Waals surface area contributed by atoms with E-state index in [0.717, 1.165) is 11.1 Å². The van der Waals surface area contributed by atoms with E-state index in [1.165, 1.54) is 0 Å². The third-order valence-electron chi connectivity index (χ3n) is 3.08. The summed E-state index contributed by atoms with van der Waals surface area (Å²) in [4.78, 5) is 0. The van der Waals surface area contributed by atoms with Crippen molar-refractivity contribution in [1.29, 1.82) is 0 Å². The predicted molar refractivity (Wildman–Crippen MR) is 78.9 cm³/mol. The molecule has 20 heavy (non-hydrogen) atoms. The number of aliphatic hydroxyl groups is 2. The van der Waals surface area contributed by atoms with Gasteiger partial charge in [0.1, 0.15) is 18.0 Å². The van der Waals surface area contributed by atoms with Crippen molar-refractivity contribution in [2.75, 3.05) is 6.61 Å². The largest absolute Gasteiger partial charge is 0.489 e. The molecule has 0 aromatic heterocycles. The molecular formula is C16H17ClO3. The molecule has 0 aliphatic heterocycles. The van der Waals surface area contributed by atoms with E-state index in [1.54, 1.807) is 25.1 Å².